The van der Waals surface area contributed by atoms with Crippen LogP contribution in [0.5, 0.6) is 0 Å². The van der Waals surface area contributed by atoms with Gasteiger partial charge in [-0.3, -0.25) is 4.79 Å². The Morgan fingerprint density at radius 3 is 2.29 bits per heavy atom. The van der Waals surface area contributed by atoms with Crippen molar-refractivity contribution in [2.75, 3.05) is 0 Å². The largest absolute Gasteiger partial charge is 0.300 e. The molecule has 80 valence electrons. The molecule has 0 aliphatic heterocycles. The van der Waals surface area contributed by atoms with Gasteiger partial charge >= 0.3 is 0 Å². The van der Waals surface area contributed by atoms with E-state index in [1.165, 1.54) is 32.1 Å². The molecule has 0 saturated heterocycles. The lowest BCUT2D eigenvalue weighted by Crippen LogP contribution is -2.12. The summed E-state index contributed by atoms with van der Waals surface area (Å²) in [6.07, 6.45) is 7.94. The SMILES string of the molecule is CC(=O)CCC(=O)CC1CCCCC1. The molecule has 0 amide bonds. The number of rotatable bonds is 5. The van der Waals surface area contributed by atoms with Gasteiger partial charge in [0.2, 0.25) is 0 Å². The molecule has 1 aliphatic carbocycles. The van der Waals surface area contributed by atoms with Gasteiger partial charge in [-0.25, -0.2) is 0 Å². The highest BCUT2D eigenvalue weighted by Gasteiger charge is 2.16. The summed E-state index contributed by atoms with van der Waals surface area (Å²) in [5.74, 6) is 1.03. The van der Waals surface area contributed by atoms with Crippen LogP contribution in [0.15, 0.2) is 0 Å². The van der Waals surface area contributed by atoms with E-state index in [4.69, 9.17) is 0 Å². The first-order valence-electron chi connectivity index (χ1n) is 5.69. The predicted molar refractivity (Wildman–Crippen MR) is 56.1 cm³/mol. The van der Waals surface area contributed by atoms with Gasteiger partial charge in [0.1, 0.15) is 11.6 Å². The van der Waals surface area contributed by atoms with Crippen LogP contribution in [0.2, 0.25) is 0 Å². The zero-order valence-corrected chi connectivity index (χ0v) is 9.05. The zero-order chi connectivity index (χ0) is 10.4. The molecule has 0 aromatic heterocycles. The molecule has 0 unspecified atom stereocenters. The Kier molecular flexibility index (Phi) is 4.85. The van der Waals surface area contributed by atoms with Gasteiger partial charge in [0.05, 0.1) is 0 Å². The van der Waals surface area contributed by atoms with Gasteiger partial charge in [-0.2, -0.15) is 0 Å². The van der Waals surface area contributed by atoms with Crippen LogP contribution in [0.3, 0.4) is 0 Å². The first-order valence-corrected chi connectivity index (χ1v) is 5.69. The van der Waals surface area contributed by atoms with E-state index in [2.05, 4.69) is 0 Å². The smallest absolute Gasteiger partial charge is 0.133 e. The Bertz CT molecular complexity index is 202. The molecule has 0 heterocycles. The van der Waals surface area contributed by atoms with Crippen LogP contribution in [0.4, 0.5) is 0 Å². The third-order valence-electron chi connectivity index (χ3n) is 3.00. The maximum absolute atomic E-state index is 11.5. The monoisotopic (exact) mass is 196 g/mol. The lowest BCUT2D eigenvalue weighted by atomic mass is 9.85. The Morgan fingerprint density at radius 1 is 1.07 bits per heavy atom. The topological polar surface area (TPSA) is 34.1 Å². The van der Waals surface area contributed by atoms with Gasteiger partial charge < -0.3 is 4.79 Å². The van der Waals surface area contributed by atoms with Crippen molar-refractivity contribution in [3.8, 4) is 0 Å². The summed E-state index contributed by atoms with van der Waals surface area (Å²) >= 11 is 0. The molecule has 2 heteroatoms. The molecule has 1 saturated carbocycles. The van der Waals surface area contributed by atoms with Crippen molar-refractivity contribution in [3.05, 3.63) is 0 Å². The number of carbonyl (C=O) groups excluding carboxylic acids is 2. The van der Waals surface area contributed by atoms with Crippen LogP contribution in [-0.4, -0.2) is 11.6 Å². The van der Waals surface area contributed by atoms with Crippen LogP contribution in [0.25, 0.3) is 0 Å². The third-order valence-corrected chi connectivity index (χ3v) is 3.00. The molecule has 0 radical (unpaired) electrons. The Labute approximate surface area is 86.1 Å². The molecule has 1 rings (SSSR count). The molecule has 0 spiro atoms. The van der Waals surface area contributed by atoms with Crippen molar-refractivity contribution in [2.45, 2.75) is 58.3 Å². The Hall–Kier alpha value is -0.660. The first kappa shape index (κ1) is 11.4. The predicted octanol–water partition coefficient (Wildman–Crippen LogP) is 2.90. The van der Waals surface area contributed by atoms with Crippen LogP contribution >= 0.6 is 0 Å². The highest BCUT2D eigenvalue weighted by atomic mass is 16.1. The van der Waals surface area contributed by atoms with Crippen molar-refractivity contribution in [1.29, 1.82) is 0 Å². The molecule has 14 heavy (non-hydrogen) atoms. The fraction of sp³-hybridized carbons (Fsp3) is 0.833. The van der Waals surface area contributed by atoms with Crippen molar-refractivity contribution < 1.29 is 9.59 Å². The van der Waals surface area contributed by atoms with Gasteiger partial charge in [0, 0.05) is 19.3 Å². The van der Waals surface area contributed by atoms with E-state index in [-0.39, 0.29) is 11.6 Å². The van der Waals surface area contributed by atoms with E-state index in [9.17, 15) is 9.59 Å². The summed E-state index contributed by atoms with van der Waals surface area (Å²) in [5, 5.41) is 0. The summed E-state index contributed by atoms with van der Waals surface area (Å²) in [4.78, 5) is 22.2. The molecule has 1 aliphatic rings. The minimum atomic E-state index is 0.127. The Balaban J connectivity index is 2.15. The second-order valence-electron chi connectivity index (χ2n) is 4.45. The summed E-state index contributed by atoms with van der Waals surface area (Å²) in [6.45, 7) is 1.55. The maximum Gasteiger partial charge on any atom is 0.133 e. The van der Waals surface area contributed by atoms with Gasteiger partial charge in [0.15, 0.2) is 0 Å². The van der Waals surface area contributed by atoms with E-state index >= 15 is 0 Å². The molecule has 0 aromatic carbocycles. The number of hydrogen-bond donors (Lipinski definition) is 0. The highest BCUT2D eigenvalue weighted by molar-refractivity contribution is 5.84. The lowest BCUT2D eigenvalue weighted by molar-refractivity contribution is -0.124. The molecule has 2 nitrogen and oxygen atoms in total. The van der Waals surface area contributed by atoms with E-state index in [1.807, 2.05) is 0 Å². The summed E-state index contributed by atoms with van der Waals surface area (Å²) in [6, 6.07) is 0. The molecule has 0 aromatic rings. The van der Waals surface area contributed by atoms with E-state index in [1.54, 1.807) is 6.92 Å². The number of carbonyl (C=O) groups is 2. The molecule has 0 N–H and O–H groups in total. The minimum Gasteiger partial charge on any atom is -0.300 e. The van der Waals surface area contributed by atoms with Gasteiger partial charge in [-0.05, 0) is 12.8 Å². The van der Waals surface area contributed by atoms with Crippen LogP contribution in [0, 0.1) is 5.92 Å². The second-order valence-corrected chi connectivity index (χ2v) is 4.45. The number of Topliss-reactive ketones (excluding diaryl/α,β-unsaturated/α-hetero) is 2. The van der Waals surface area contributed by atoms with Crippen LogP contribution < -0.4 is 0 Å². The van der Waals surface area contributed by atoms with E-state index in [0.29, 0.717) is 25.2 Å². The van der Waals surface area contributed by atoms with Crippen LogP contribution in [-0.2, 0) is 9.59 Å². The first-order chi connectivity index (χ1) is 6.68. The van der Waals surface area contributed by atoms with Crippen molar-refractivity contribution in [1.82, 2.24) is 0 Å². The highest BCUT2D eigenvalue weighted by Crippen LogP contribution is 2.26. The average molecular weight is 196 g/mol. The number of hydrogen-bond acceptors (Lipinski definition) is 2. The molecule has 0 atom stereocenters. The zero-order valence-electron chi connectivity index (χ0n) is 9.05. The maximum atomic E-state index is 11.5. The minimum absolute atomic E-state index is 0.127. The lowest BCUT2D eigenvalue weighted by Gasteiger charge is -2.20. The third kappa shape index (κ3) is 4.54. The fourth-order valence-corrected chi connectivity index (χ4v) is 2.13. The van der Waals surface area contributed by atoms with Crippen molar-refractivity contribution in [2.24, 2.45) is 5.92 Å². The molecular weight excluding hydrogens is 176 g/mol. The van der Waals surface area contributed by atoms with Gasteiger partial charge in [-0.1, -0.05) is 32.1 Å². The molecular formula is C12H20O2. The fourth-order valence-electron chi connectivity index (χ4n) is 2.13. The van der Waals surface area contributed by atoms with Crippen molar-refractivity contribution in [3.63, 3.8) is 0 Å². The molecule has 0 bridgehead atoms. The van der Waals surface area contributed by atoms with E-state index < -0.39 is 0 Å². The van der Waals surface area contributed by atoms with Crippen LogP contribution in [0.1, 0.15) is 58.3 Å². The second kappa shape index (κ2) is 5.94. The van der Waals surface area contributed by atoms with Gasteiger partial charge in [-0.15, -0.1) is 0 Å². The quantitative estimate of drug-likeness (QED) is 0.677. The van der Waals surface area contributed by atoms with E-state index in [0.717, 1.165) is 0 Å². The van der Waals surface area contributed by atoms with Gasteiger partial charge in [0.25, 0.3) is 0 Å². The number of ketones is 2. The standard InChI is InChI=1S/C12H20O2/c1-10(13)7-8-12(14)9-11-5-3-2-4-6-11/h11H,2-9H2,1H3. The summed E-state index contributed by atoms with van der Waals surface area (Å²) in [5.41, 5.74) is 0. The molecule has 1 fully saturated rings. The summed E-state index contributed by atoms with van der Waals surface area (Å²) < 4.78 is 0. The normalized spacial score (nSPS) is 18.1. The summed E-state index contributed by atoms with van der Waals surface area (Å²) in [7, 11) is 0. The Morgan fingerprint density at radius 2 is 1.71 bits per heavy atom. The van der Waals surface area contributed by atoms with Crippen molar-refractivity contribution >= 4 is 11.6 Å². The average Bonchev–Trinajstić information content (AvgIpc) is 2.16.